The van der Waals surface area contributed by atoms with Gasteiger partial charge < -0.3 is 10.1 Å². The number of hydrogen-bond donors (Lipinski definition) is 1. The van der Waals surface area contributed by atoms with Crippen molar-refractivity contribution in [2.75, 3.05) is 19.8 Å². The molecule has 0 saturated carbocycles. The smallest absolute Gasteiger partial charge is 0.0962 e. The second kappa shape index (κ2) is 7.88. The van der Waals surface area contributed by atoms with Gasteiger partial charge in [-0.2, -0.15) is 0 Å². The molecule has 1 aliphatic rings. The molecule has 0 amide bonds. The Kier molecular flexibility index (Phi) is 6.14. The van der Waals surface area contributed by atoms with E-state index in [-0.39, 0.29) is 0 Å². The van der Waals surface area contributed by atoms with Crippen LogP contribution < -0.4 is 5.32 Å². The number of rotatable bonds is 6. The molecule has 1 aliphatic heterocycles. The van der Waals surface area contributed by atoms with Gasteiger partial charge in [-0.3, -0.25) is 0 Å². The lowest BCUT2D eigenvalue weighted by molar-refractivity contribution is 0.1000. The summed E-state index contributed by atoms with van der Waals surface area (Å²) in [5, 5.41) is 5.25. The Bertz CT molecular complexity index is 361. The molecule has 0 bridgehead atoms. The largest absolute Gasteiger partial charge is 0.381 e. The van der Waals surface area contributed by atoms with Crippen molar-refractivity contribution < 1.29 is 4.74 Å². The van der Waals surface area contributed by atoms with Crippen LogP contribution in [-0.4, -0.2) is 30.0 Å². The Hall–Kier alpha value is -0.580. The molecule has 1 aromatic rings. The fraction of sp³-hybridized carbons (Fsp3) is 0.667. The lowest BCUT2D eigenvalue weighted by Crippen LogP contribution is -2.19. The minimum absolute atomic E-state index is 0.672. The minimum Gasteiger partial charge on any atom is -0.381 e. The van der Waals surface area contributed by atoms with Gasteiger partial charge in [-0.05, 0) is 36.9 Å². The van der Waals surface area contributed by atoms with Crippen LogP contribution in [0.3, 0.4) is 0 Å². The molecule has 0 radical (unpaired) electrons. The van der Waals surface area contributed by atoms with E-state index >= 15 is 0 Å². The van der Waals surface area contributed by atoms with Gasteiger partial charge in [-0.15, -0.1) is 11.8 Å². The molecule has 1 N–H and O–H groups in total. The molecule has 0 spiro atoms. The third-order valence-corrected chi connectivity index (χ3v) is 4.42. The molecule has 0 aromatic carbocycles. The van der Waals surface area contributed by atoms with Crippen LogP contribution in [0.2, 0.25) is 0 Å². The molecule has 3 nitrogen and oxygen atoms in total. The molecule has 0 atom stereocenters. The van der Waals surface area contributed by atoms with Crippen molar-refractivity contribution in [3.8, 4) is 0 Å². The van der Waals surface area contributed by atoms with Gasteiger partial charge in [0.25, 0.3) is 0 Å². The highest BCUT2D eigenvalue weighted by Crippen LogP contribution is 2.28. The predicted molar refractivity (Wildman–Crippen MR) is 80.5 cm³/mol. The van der Waals surface area contributed by atoms with Crippen LogP contribution in [0.25, 0.3) is 0 Å². The summed E-state index contributed by atoms with van der Waals surface area (Å²) in [6.45, 7) is 8.20. The Morgan fingerprint density at radius 2 is 2.16 bits per heavy atom. The summed E-state index contributed by atoms with van der Waals surface area (Å²) in [6, 6.07) is 4.33. The van der Waals surface area contributed by atoms with Gasteiger partial charge in [0, 0.05) is 31.2 Å². The van der Waals surface area contributed by atoms with E-state index in [9.17, 15) is 0 Å². The lowest BCUT2D eigenvalue weighted by Gasteiger charge is -2.20. The fourth-order valence-corrected chi connectivity index (χ4v) is 3.08. The van der Waals surface area contributed by atoms with Gasteiger partial charge in [0.2, 0.25) is 0 Å². The van der Waals surface area contributed by atoms with Crippen LogP contribution in [0.4, 0.5) is 0 Å². The average Bonchev–Trinajstić information content (AvgIpc) is 2.42. The molecular weight excluding hydrogens is 256 g/mol. The third kappa shape index (κ3) is 5.51. The molecule has 2 rings (SSSR count). The Morgan fingerprint density at radius 1 is 1.37 bits per heavy atom. The van der Waals surface area contributed by atoms with E-state index in [1.807, 2.05) is 18.0 Å². The van der Waals surface area contributed by atoms with E-state index in [4.69, 9.17) is 4.74 Å². The van der Waals surface area contributed by atoms with Crippen molar-refractivity contribution in [1.29, 1.82) is 0 Å². The van der Waals surface area contributed by atoms with Crippen LogP contribution in [0.5, 0.6) is 0 Å². The first-order valence-electron chi connectivity index (χ1n) is 7.14. The molecular formula is C15H24N2OS. The summed E-state index contributed by atoms with van der Waals surface area (Å²) in [6.07, 6.45) is 4.28. The molecule has 1 saturated heterocycles. The van der Waals surface area contributed by atoms with Crippen LogP contribution >= 0.6 is 11.8 Å². The molecule has 106 valence electrons. The number of aromatic nitrogens is 1. The standard InChI is InChI=1S/C15H24N2OS/c1-12(2)9-16-10-13-3-4-15(17-11-13)19-14-5-7-18-8-6-14/h3-4,11-12,14,16H,5-10H2,1-2H3. The monoisotopic (exact) mass is 280 g/mol. The second-order valence-corrected chi connectivity index (χ2v) is 6.78. The van der Waals surface area contributed by atoms with E-state index in [1.54, 1.807) is 0 Å². The summed E-state index contributed by atoms with van der Waals surface area (Å²) in [5.74, 6) is 0.691. The summed E-state index contributed by atoms with van der Waals surface area (Å²) in [4.78, 5) is 4.55. The number of thioether (sulfide) groups is 1. The highest BCUT2D eigenvalue weighted by molar-refractivity contribution is 7.99. The van der Waals surface area contributed by atoms with E-state index in [1.165, 1.54) is 5.56 Å². The van der Waals surface area contributed by atoms with E-state index < -0.39 is 0 Å². The van der Waals surface area contributed by atoms with Gasteiger partial charge in [-0.25, -0.2) is 4.98 Å². The van der Waals surface area contributed by atoms with Crippen molar-refractivity contribution in [2.24, 2.45) is 5.92 Å². The van der Waals surface area contributed by atoms with Gasteiger partial charge in [0.1, 0.15) is 0 Å². The molecule has 19 heavy (non-hydrogen) atoms. The molecule has 0 aliphatic carbocycles. The topological polar surface area (TPSA) is 34.1 Å². The zero-order valence-electron chi connectivity index (χ0n) is 11.9. The van der Waals surface area contributed by atoms with Gasteiger partial charge in [0.15, 0.2) is 0 Å². The molecule has 0 unspecified atom stereocenters. The van der Waals surface area contributed by atoms with Crippen LogP contribution in [0.1, 0.15) is 32.3 Å². The average molecular weight is 280 g/mol. The number of ether oxygens (including phenoxy) is 1. The normalized spacial score (nSPS) is 17.0. The van der Waals surface area contributed by atoms with Crippen LogP contribution in [0, 0.1) is 5.92 Å². The Morgan fingerprint density at radius 3 is 2.79 bits per heavy atom. The zero-order chi connectivity index (χ0) is 13.5. The summed E-state index contributed by atoms with van der Waals surface area (Å²) < 4.78 is 5.38. The molecule has 2 heterocycles. The Balaban J connectivity index is 1.77. The highest BCUT2D eigenvalue weighted by Gasteiger charge is 2.15. The van der Waals surface area contributed by atoms with Crippen molar-refractivity contribution in [3.63, 3.8) is 0 Å². The quantitative estimate of drug-likeness (QED) is 0.868. The van der Waals surface area contributed by atoms with E-state index in [0.717, 1.165) is 44.2 Å². The highest BCUT2D eigenvalue weighted by atomic mass is 32.2. The lowest BCUT2D eigenvalue weighted by atomic mass is 10.2. The first-order valence-corrected chi connectivity index (χ1v) is 8.02. The fourth-order valence-electron chi connectivity index (χ4n) is 2.05. The van der Waals surface area contributed by atoms with Crippen molar-refractivity contribution >= 4 is 11.8 Å². The van der Waals surface area contributed by atoms with Gasteiger partial charge in [-0.1, -0.05) is 19.9 Å². The molecule has 1 fully saturated rings. The SMILES string of the molecule is CC(C)CNCc1ccc(SC2CCOCC2)nc1. The number of pyridine rings is 1. The number of hydrogen-bond acceptors (Lipinski definition) is 4. The second-order valence-electron chi connectivity index (χ2n) is 5.46. The maximum absolute atomic E-state index is 5.38. The minimum atomic E-state index is 0.672. The molecule has 1 aromatic heterocycles. The summed E-state index contributed by atoms with van der Waals surface area (Å²) in [5.41, 5.74) is 1.26. The van der Waals surface area contributed by atoms with Crippen molar-refractivity contribution in [1.82, 2.24) is 10.3 Å². The zero-order valence-corrected chi connectivity index (χ0v) is 12.7. The van der Waals surface area contributed by atoms with Gasteiger partial charge >= 0.3 is 0 Å². The third-order valence-electron chi connectivity index (χ3n) is 3.14. The van der Waals surface area contributed by atoms with Crippen molar-refractivity contribution in [3.05, 3.63) is 23.9 Å². The first-order chi connectivity index (χ1) is 9.24. The van der Waals surface area contributed by atoms with Crippen LogP contribution in [0.15, 0.2) is 23.4 Å². The van der Waals surface area contributed by atoms with E-state index in [0.29, 0.717) is 11.2 Å². The van der Waals surface area contributed by atoms with Gasteiger partial charge in [0.05, 0.1) is 5.03 Å². The first kappa shape index (κ1) is 14.8. The predicted octanol–water partition coefficient (Wildman–Crippen LogP) is 3.10. The number of nitrogens with one attached hydrogen (secondary N) is 1. The maximum atomic E-state index is 5.38. The molecule has 4 heteroatoms. The maximum Gasteiger partial charge on any atom is 0.0962 e. The number of nitrogens with zero attached hydrogens (tertiary/aromatic N) is 1. The Labute approximate surface area is 120 Å². The van der Waals surface area contributed by atoms with E-state index in [2.05, 4.69) is 36.3 Å². The van der Waals surface area contributed by atoms with Crippen molar-refractivity contribution in [2.45, 2.75) is 43.5 Å². The van der Waals surface area contributed by atoms with Crippen LogP contribution in [-0.2, 0) is 11.3 Å². The summed E-state index contributed by atoms with van der Waals surface area (Å²) >= 11 is 1.89. The summed E-state index contributed by atoms with van der Waals surface area (Å²) in [7, 11) is 0.